The van der Waals surface area contributed by atoms with Gasteiger partial charge in [-0.25, -0.2) is 8.78 Å². The number of anilines is 1. The third-order valence-corrected chi connectivity index (χ3v) is 3.31. The smallest absolute Gasteiger partial charge is 0.224 e. The molecule has 2 aromatic rings. The minimum atomic E-state index is -1.00. The maximum absolute atomic E-state index is 13.1. The predicted molar refractivity (Wildman–Crippen MR) is 82.9 cm³/mol. The van der Waals surface area contributed by atoms with Gasteiger partial charge >= 0.3 is 0 Å². The highest BCUT2D eigenvalue weighted by atomic mass is 19.2. The lowest BCUT2D eigenvalue weighted by Crippen LogP contribution is -2.13. The van der Waals surface area contributed by atoms with Crippen LogP contribution in [0.3, 0.4) is 0 Å². The fourth-order valence-electron chi connectivity index (χ4n) is 2.12. The number of nitrogens with one attached hydrogen (secondary N) is 1. The molecule has 23 heavy (non-hydrogen) atoms. The molecule has 0 aliphatic rings. The summed E-state index contributed by atoms with van der Waals surface area (Å²) in [6.45, 7) is 0. The summed E-state index contributed by atoms with van der Waals surface area (Å²) >= 11 is 0. The number of carbonyl (C=O) groups excluding carboxylic acids is 1. The van der Waals surface area contributed by atoms with E-state index in [2.05, 4.69) is 5.32 Å². The summed E-state index contributed by atoms with van der Waals surface area (Å²) in [4.78, 5) is 11.9. The number of benzene rings is 2. The van der Waals surface area contributed by atoms with Crippen molar-refractivity contribution in [2.24, 2.45) is 0 Å². The zero-order valence-corrected chi connectivity index (χ0v) is 12.9. The molecule has 2 aromatic carbocycles. The van der Waals surface area contributed by atoms with E-state index in [0.29, 0.717) is 17.9 Å². The summed E-state index contributed by atoms with van der Waals surface area (Å²) in [5.41, 5.74) is 1.04. The summed E-state index contributed by atoms with van der Waals surface area (Å²) in [6.07, 6.45) is 0.596. The lowest BCUT2D eigenvalue weighted by atomic mass is 10.1. The first-order valence-electron chi connectivity index (χ1n) is 6.99. The fraction of sp³-hybridized carbons (Fsp3) is 0.235. The first kappa shape index (κ1) is 16.7. The van der Waals surface area contributed by atoms with Crippen LogP contribution in [0.4, 0.5) is 14.5 Å². The summed E-state index contributed by atoms with van der Waals surface area (Å²) in [6, 6.07) is 8.55. The van der Waals surface area contributed by atoms with E-state index >= 15 is 0 Å². The van der Waals surface area contributed by atoms with Gasteiger partial charge in [0.05, 0.1) is 14.2 Å². The summed E-state index contributed by atoms with van der Waals surface area (Å²) < 4.78 is 36.3. The topological polar surface area (TPSA) is 47.6 Å². The van der Waals surface area contributed by atoms with Gasteiger partial charge < -0.3 is 14.8 Å². The predicted octanol–water partition coefficient (Wildman–Crippen LogP) is 3.55. The van der Waals surface area contributed by atoms with Crippen LogP contribution in [0.25, 0.3) is 0 Å². The maximum atomic E-state index is 13.1. The Balaban J connectivity index is 2.00. The number of methoxy groups -OCH3 is 2. The maximum Gasteiger partial charge on any atom is 0.224 e. The van der Waals surface area contributed by atoms with E-state index in [1.165, 1.54) is 6.07 Å². The van der Waals surface area contributed by atoms with Crippen LogP contribution >= 0.6 is 0 Å². The van der Waals surface area contributed by atoms with Crippen LogP contribution in [0, 0.1) is 11.6 Å². The number of halogens is 2. The van der Waals surface area contributed by atoms with E-state index in [1.54, 1.807) is 32.4 Å². The SMILES string of the molecule is COc1ccc(OC)c(CCC(=O)Nc2ccc(F)c(F)c2)c1. The average Bonchev–Trinajstić information content (AvgIpc) is 2.56. The molecule has 1 N–H and O–H groups in total. The molecule has 4 nitrogen and oxygen atoms in total. The van der Waals surface area contributed by atoms with Crippen LogP contribution in [-0.2, 0) is 11.2 Å². The highest BCUT2D eigenvalue weighted by molar-refractivity contribution is 5.90. The second-order valence-corrected chi connectivity index (χ2v) is 4.85. The van der Waals surface area contributed by atoms with Crippen molar-refractivity contribution in [3.8, 4) is 11.5 Å². The Labute approximate surface area is 133 Å². The van der Waals surface area contributed by atoms with Gasteiger partial charge in [0.2, 0.25) is 5.91 Å². The number of aryl methyl sites for hydroxylation is 1. The third-order valence-electron chi connectivity index (χ3n) is 3.31. The highest BCUT2D eigenvalue weighted by Crippen LogP contribution is 2.25. The van der Waals surface area contributed by atoms with Crippen LogP contribution < -0.4 is 14.8 Å². The molecule has 2 rings (SSSR count). The first-order valence-corrected chi connectivity index (χ1v) is 6.99. The van der Waals surface area contributed by atoms with Crippen LogP contribution in [0.15, 0.2) is 36.4 Å². The van der Waals surface area contributed by atoms with E-state index < -0.39 is 11.6 Å². The molecule has 0 aliphatic carbocycles. The summed E-state index contributed by atoms with van der Waals surface area (Å²) in [5, 5.41) is 2.53. The molecule has 0 aromatic heterocycles. The molecule has 0 unspecified atom stereocenters. The third kappa shape index (κ3) is 4.42. The lowest BCUT2D eigenvalue weighted by molar-refractivity contribution is -0.116. The molecule has 6 heteroatoms. The average molecular weight is 321 g/mol. The van der Waals surface area contributed by atoms with Crippen molar-refractivity contribution in [3.63, 3.8) is 0 Å². The van der Waals surface area contributed by atoms with Crippen molar-refractivity contribution in [3.05, 3.63) is 53.6 Å². The number of rotatable bonds is 6. The molecular formula is C17H17F2NO3. The second kappa shape index (κ2) is 7.58. The van der Waals surface area contributed by atoms with Crippen LogP contribution in [0.2, 0.25) is 0 Å². The molecule has 0 saturated carbocycles. The quantitative estimate of drug-likeness (QED) is 0.885. The summed E-state index contributed by atoms with van der Waals surface area (Å²) in [5.74, 6) is -0.935. The molecule has 0 aliphatic heterocycles. The molecular weight excluding hydrogens is 304 g/mol. The molecule has 0 radical (unpaired) electrons. The van der Waals surface area contributed by atoms with Gasteiger partial charge in [-0.2, -0.15) is 0 Å². The fourth-order valence-corrected chi connectivity index (χ4v) is 2.12. The normalized spacial score (nSPS) is 10.3. The minimum absolute atomic E-state index is 0.169. The first-order chi connectivity index (χ1) is 11.0. The molecule has 0 fully saturated rings. The Morgan fingerprint density at radius 1 is 1.04 bits per heavy atom. The Morgan fingerprint density at radius 2 is 1.83 bits per heavy atom. The van der Waals surface area contributed by atoms with Crippen molar-refractivity contribution >= 4 is 11.6 Å². The van der Waals surface area contributed by atoms with Crippen LogP contribution in [-0.4, -0.2) is 20.1 Å². The van der Waals surface area contributed by atoms with Gasteiger partial charge in [0.15, 0.2) is 11.6 Å². The second-order valence-electron chi connectivity index (χ2n) is 4.85. The van der Waals surface area contributed by atoms with E-state index in [9.17, 15) is 13.6 Å². The van der Waals surface area contributed by atoms with E-state index in [4.69, 9.17) is 9.47 Å². The molecule has 0 spiro atoms. The van der Waals surface area contributed by atoms with Crippen molar-refractivity contribution in [2.45, 2.75) is 12.8 Å². The molecule has 0 bridgehead atoms. The van der Waals surface area contributed by atoms with Crippen LogP contribution in [0.5, 0.6) is 11.5 Å². The number of amides is 1. The van der Waals surface area contributed by atoms with Crippen molar-refractivity contribution in [2.75, 3.05) is 19.5 Å². The Bertz CT molecular complexity index is 704. The Hall–Kier alpha value is -2.63. The zero-order chi connectivity index (χ0) is 16.8. The lowest BCUT2D eigenvalue weighted by Gasteiger charge is -2.10. The van der Waals surface area contributed by atoms with E-state index in [0.717, 1.165) is 17.7 Å². The highest BCUT2D eigenvalue weighted by Gasteiger charge is 2.10. The standard InChI is InChI=1S/C17H17F2NO3/c1-22-13-5-7-16(23-2)11(9-13)3-8-17(21)20-12-4-6-14(18)15(19)10-12/h4-7,9-10H,3,8H2,1-2H3,(H,20,21). The zero-order valence-electron chi connectivity index (χ0n) is 12.9. The van der Waals surface area contributed by atoms with Gasteiger partial charge in [-0.1, -0.05) is 0 Å². The largest absolute Gasteiger partial charge is 0.497 e. The molecule has 0 atom stereocenters. The van der Waals surface area contributed by atoms with Gasteiger partial charge in [0.25, 0.3) is 0 Å². The molecule has 0 saturated heterocycles. The molecule has 0 heterocycles. The Kier molecular flexibility index (Phi) is 5.51. The van der Waals surface area contributed by atoms with Gasteiger partial charge in [0, 0.05) is 18.2 Å². The molecule has 122 valence electrons. The molecule has 1 amide bonds. The minimum Gasteiger partial charge on any atom is -0.497 e. The Morgan fingerprint density at radius 3 is 2.48 bits per heavy atom. The van der Waals surface area contributed by atoms with E-state index in [1.807, 2.05) is 0 Å². The monoisotopic (exact) mass is 321 g/mol. The van der Waals surface area contributed by atoms with Gasteiger partial charge in [-0.05, 0) is 42.3 Å². The number of hydrogen-bond donors (Lipinski definition) is 1. The van der Waals surface area contributed by atoms with Gasteiger partial charge in [0.1, 0.15) is 11.5 Å². The van der Waals surface area contributed by atoms with Gasteiger partial charge in [-0.3, -0.25) is 4.79 Å². The van der Waals surface area contributed by atoms with E-state index in [-0.39, 0.29) is 18.0 Å². The number of hydrogen-bond acceptors (Lipinski definition) is 3. The summed E-state index contributed by atoms with van der Waals surface area (Å²) in [7, 11) is 3.11. The number of carbonyl (C=O) groups is 1. The van der Waals surface area contributed by atoms with Crippen molar-refractivity contribution < 1.29 is 23.0 Å². The van der Waals surface area contributed by atoms with Crippen molar-refractivity contribution in [1.82, 2.24) is 0 Å². The van der Waals surface area contributed by atoms with Crippen LogP contribution in [0.1, 0.15) is 12.0 Å². The van der Waals surface area contributed by atoms with Gasteiger partial charge in [-0.15, -0.1) is 0 Å². The van der Waals surface area contributed by atoms with Crippen molar-refractivity contribution in [1.29, 1.82) is 0 Å². The number of ether oxygens (including phenoxy) is 2.